The summed E-state index contributed by atoms with van der Waals surface area (Å²) in [6.07, 6.45) is 0.206. The van der Waals surface area contributed by atoms with Gasteiger partial charge >= 0.3 is 0 Å². The van der Waals surface area contributed by atoms with Gasteiger partial charge < -0.3 is 15.6 Å². The van der Waals surface area contributed by atoms with Gasteiger partial charge in [0.25, 0.3) is 0 Å². The number of phenols is 1. The average Bonchev–Trinajstić information content (AvgIpc) is 2.40. The second-order valence-electron chi connectivity index (χ2n) is 5.22. The normalized spacial score (nSPS) is 21.1. The Labute approximate surface area is 111 Å². The molecule has 19 heavy (non-hydrogen) atoms. The summed E-state index contributed by atoms with van der Waals surface area (Å²) in [4.78, 5) is 0. The van der Waals surface area contributed by atoms with Crippen LogP contribution in [0.15, 0.2) is 18.2 Å². The highest BCUT2D eigenvalue weighted by atomic mass is 19.3. The van der Waals surface area contributed by atoms with Crippen LogP contribution in [0.25, 0.3) is 0 Å². The number of phenolic OH excluding ortho intramolecular Hbond substituents is 1. The molecule has 0 atom stereocenters. The van der Waals surface area contributed by atoms with Crippen molar-refractivity contribution in [3.05, 3.63) is 23.8 Å². The van der Waals surface area contributed by atoms with Gasteiger partial charge in [-0.15, -0.1) is 0 Å². The molecule has 0 amide bonds. The minimum Gasteiger partial charge on any atom is -0.508 e. The fourth-order valence-electron chi connectivity index (χ4n) is 2.76. The molecule has 2 rings (SSSR count). The van der Waals surface area contributed by atoms with Gasteiger partial charge in [-0.25, -0.2) is 8.78 Å². The van der Waals surface area contributed by atoms with Crippen molar-refractivity contribution in [3.8, 4) is 11.5 Å². The van der Waals surface area contributed by atoms with Crippen molar-refractivity contribution >= 4 is 0 Å². The van der Waals surface area contributed by atoms with E-state index in [1.54, 1.807) is 12.1 Å². The first-order chi connectivity index (χ1) is 8.92. The van der Waals surface area contributed by atoms with Crippen molar-refractivity contribution in [2.45, 2.75) is 37.0 Å². The Balaban J connectivity index is 2.32. The van der Waals surface area contributed by atoms with Crippen LogP contribution < -0.4 is 10.5 Å². The molecule has 1 aromatic rings. The molecular weight excluding hydrogens is 252 g/mol. The molecule has 0 radical (unpaired) electrons. The molecule has 1 aliphatic carbocycles. The molecule has 1 saturated carbocycles. The van der Waals surface area contributed by atoms with Gasteiger partial charge in [0, 0.05) is 36.4 Å². The molecule has 1 aromatic carbocycles. The van der Waals surface area contributed by atoms with E-state index in [2.05, 4.69) is 0 Å². The first kappa shape index (κ1) is 14.1. The fourth-order valence-corrected chi connectivity index (χ4v) is 2.76. The maximum absolute atomic E-state index is 13.3. The quantitative estimate of drug-likeness (QED) is 0.888. The Hall–Kier alpha value is -1.36. The molecule has 0 bridgehead atoms. The van der Waals surface area contributed by atoms with E-state index in [1.165, 1.54) is 13.2 Å². The summed E-state index contributed by atoms with van der Waals surface area (Å²) >= 11 is 0. The van der Waals surface area contributed by atoms with Gasteiger partial charge in [-0.3, -0.25) is 0 Å². The number of aromatic hydroxyl groups is 1. The lowest BCUT2D eigenvalue weighted by atomic mass is 9.68. The first-order valence-electron chi connectivity index (χ1n) is 6.38. The Morgan fingerprint density at radius 1 is 1.26 bits per heavy atom. The molecule has 1 aliphatic rings. The summed E-state index contributed by atoms with van der Waals surface area (Å²) in [6, 6.07) is 4.95. The third kappa shape index (κ3) is 2.66. The molecule has 3 nitrogen and oxygen atoms in total. The zero-order valence-electron chi connectivity index (χ0n) is 11.0. The molecule has 5 heteroatoms. The number of halogens is 2. The average molecular weight is 271 g/mol. The van der Waals surface area contributed by atoms with Crippen molar-refractivity contribution in [1.82, 2.24) is 0 Å². The van der Waals surface area contributed by atoms with Gasteiger partial charge in [0.1, 0.15) is 11.5 Å². The summed E-state index contributed by atoms with van der Waals surface area (Å²) in [6.45, 7) is 0.253. The number of benzene rings is 1. The van der Waals surface area contributed by atoms with Crippen LogP contribution in [-0.2, 0) is 5.41 Å². The van der Waals surface area contributed by atoms with Gasteiger partial charge in [0.05, 0.1) is 7.11 Å². The van der Waals surface area contributed by atoms with E-state index < -0.39 is 11.3 Å². The lowest BCUT2D eigenvalue weighted by Crippen LogP contribution is -2.42. The molecule has 106 valence electrons. The van der Waals surface area contributed by atoms with Crippen LogP contribution in [0.5, 0.6) is 11.5 Å². The lowest BCUT2D eigenvalue weighted by Gasteiger charge is -2.40. The van der Waals surface area contributed by atoms with E-state index in [4.69, 9.17) is 10.5 Å². The highest BCUT2D eigenvalue weighted by Crippen LogP contribution is 2.47. The molecule has 0 aliphatic heterocycles. The largest absolute Gasteiger partial charge is 0.508 e. The van der Waals surface area contributed by atoms with Gasteiger partial charge in [-0.05, 0) is 18.9 Å². The molecule has 3 N–H and O–H groups in total. The van der Waals surface area contributed by atoms with E-state index in [9.17, 15) is 13.9 Å². The smallest absolute Gasteiger partial charge is 0.248 e. The van der Waals surface area contributed by atoms with E-state index >= 15 is 0 Å². The second-order valence-corrected chi connectivity index (χ2v) is 5.22. The molecule has 0 heterocycles. The topological polar surface area (TPSA) is 55.5 Å². The third-order valence-corrected chi connectivity index (χ3v) is 4.11. The predicted molar refractivity (Wildman–Crippen MR) is 68.8 cm³/mol. The third-order valence-electron chi connectivity index (χ3n) is 4.11. The zero-order chi connectivity index (χ0) is 14.1. The Bertz CT molecular complexity index is 453. The highest BCUT2D eigenvalue weighted by molar-refractivity contribution is 5.44. The fraction of sp³-hybridized carbons (Fsp3) is 0.571. The first-order valence-corrected chi connectivity index (χ1v) is 6.38. The SMILES string of the molecule is COc1ccc(C2(CN)CCC(F)(F)CC2)c(O)c1. The van der Waals surface area contributed by atoms with E-state index in [0.29, 0.717) is 11.3 Å². The second kappa shape index (κ2) is 4.96. The number of alkyl halides is 2. The highest BCUT2D eigenvalue weighted by Gasteiger charge is 2.44. The number of hydrogen-bond donors (Lipinski definition) is 2. The van der Waals surface area contributed by atoms with Crippen LogP contribution >= 0.6 is 0 Å². The van der Waals surface area contributed by atoms with Crippen LogP contribution in [0.2, 0.25) is 0 Å². The Morgan fingerprint density at radius 3 is 2.37 bits per heavy atom. The van der Waals surface area contributed by atoms with Crippen LogP contribution in [0.4, 0.5) is 8.78 Å². The standard InChI is InChI=1S/C14H19F2NO2/c1-19-10-2-3-11(12(18)8-10)13(9-17)4-6-14(15,16)7-5-13/h2-3,8,18H,4-7,9,17H2,1H3. The molecule has 0 spiro atoms. The van der Waals surface area contributed by atoms with Crippen LogP contribution in [0.3, 0.4) is 0 Å². The monoisotopic (exact) mass is 271 g/mol. The van der Waals surface area contributed by atoms with Crippen molar-refractivity contribution in [1.29, 1.82) is 0 Å². The van der Waals surface area contributed by atoms with E-state index in [1.807, 2.05) is 0 Å². The molecule has 0 aromatic heterocycles. The van der Waals surface area contributed by atoms with Gasteiger partial charge in [-0.1, -0.05) is 6.07 Å². The number of methoxy groups -OCH3 is 1. The summed E-state index contributed by atoms with van der Waals surface area (Å²) in [7, 11) is 1.51. The maximum Gasteiger partial charge on any atom is 0.248 e. The Morgan fingerprint density at radius 2 is 1.89 bits per heavy atom. The maximum atomic E-state index is 13.3. The van der Waals surface area contributed by atoms with E-state index in [0.717, 1.165) is 0 Å². The molecular formula is C14H19F2NO2. The number of ether oxygens (including phenoxy) is 1. The number of rotatable bonds is 3. The summed E-state index contributed by atoms with van der Waals surface area (Å²) in [5.41, 5.74) is 5.90. The Kier molecular flexibility index (Phi) is 3.67. The molecule has 1 fully saturated rings. The van der Waals surface area contributed by atoms with Crippen molar-refractivity contribution in [3.63, 3.8) is 0 Å². The van der Waals surface area contributed by atoms with Crippen molar-refractivity contribution in [2.24, 2.45) is 5.73 Å². The van der Waals surface area contributed by atoms with Crippen molar-refractivity contribution in [2.75, 3.05) is 13.7 Å². The van der Waals surface area contributed by atoms with Crippen LogP contribution in [-0.4, -0.2) is 24.7 Å². The predicted octanol–water partition coefficient (Wildman–Crippen LogP) is 2.81. The zero-order valence-corrected chi connectivity index (χ0v) is 11.0. The minimum atomic E-state index is -2.61. The van der Waals surface area contributed by atoms with Crippen molar-refractivity contribution < 1.29 is 18.6 Å². The van der Waals surface area contributed by atoms with Crippen LogP contribution in [0.1, 0.15) is 31.2 Å². The van der Waals surface area contributed by atoms with Gasteiger partial charge in [0.15, 0.2) is 0 Å². The number of nitrogens with two attached hydrogens (primary N) is 1. The number of hydrogen-bond acceptors (Lipinski definition) is 3. The summed E-state index contributed by atoms with van der Waals surface area (Å²) in [5, 5.41) is 10.1. The van der Waals surface area contributed by atoms with E-state index in [-0.39, 0.29) is 38.0 Å². The van der Waals surface area contributed by atoms with Gasteiger partial charge in [0.2, 0.25) is 5.92 Å². The minimum absolute atomic E-state index is 0.0648. The lowest BCUT2D eigenvalue weighted by molar-refractivity contribution is -0.0511. The summed E-state index contributed by atoms with van der Waals surface area (Å²) in [5.74, 6) is -2.01. The molecule has 0 unspecified atom stereocenters. The summed E-state index contributed by atoms with van der Waals surface area (Å²) < 4.78 is 31.6. The van der Waals surface area contributed by atoms with Crippen LogP contribution in [0, 0.1) is 0 Å². The van der Waals surface area contributed by atoms with Gasteiger partial charge in [-0.2, -0.15) is 0 Å². The molecule has 0 saturated heterocycles.